The second-order valence-corrected chi connectivity index (χ2v) is 7.34. The molecule has 1 fully saturated rings. The van der Waals surface area contributed by atoms with Crippen molar-refractivity contribution < 1.29 is 13.2 Å². The summed E-state index contributed by atoms with van der Waals surface area (Å²) in [5.41, 5.74) is 5.60. The van der Waals surface area contributed by atoms with E-state index >= 15 is 0 Å². The molecule has 2 N–H and O–H groups in total. The molecule has 1 unspecified atom stereocenters. The molecule has 2 rings (SSSR count). The van der Waals surface area contributed by atoms with Crippen molar-refractivity contribution in [2.75, 3.05) is 26.7 Å². The Hall–Kier alpha value is -0.340. The summed E-state index contributed by atoms with van der Waals surface area (Å²) in [6, 6.07) is 4.80. The molecule has 5 nitrogen and oxygen atoms in total. The van der Waals surface area contributed by atoms with Crippen LogP contribution in [0, 0.1) is 5.92 Å². The van der Waals surface area contributed by atoms with Gasteiger partial charge in [-0.1, -0.05) is 0 Å². The summed E-state index contributed by atoms with van der Waals surface area (Å²) in [5, 5.41) is 0. The lowest BCUT2D eigenvalue weighted by Gasteiger charge is -2.17. The highest BCUT2D eigenvalue weighted by molar-refractivity contribution is 9.10. The summed E-state index contributed by atoms with van der Waals surface area (Å²) in [5.74, 6) is 0.766. The van der Waals surface area contributed by atoms with Crippen LogP contribution in [-0.4, -0.2) is 39.5 Å². The molecule has 0 amide bonds. The molecule has 1 aliphatic rings. The Labute approximate surface area is 134 Å². The first-order chi connectivity index (χ1) is 8.98. The molecular weight excluding hydrogens is 368 g/mol. The molecule has 1 heterocycles. The second-order valence-electron chi connectivity index (χ2n) is 4.55. The Kier molecular flexibility index (Phi) is 6.27. The quantitative estimate of drug-likeness (QED) is 0.858. The summed E-state index contributed by atoms with van der Waals surface area (Å²) in [6.45, 7) is 1.55. The number of halogens is 2. The molecular formula is C12H18BrClN2O3S. The van der Waals surface area contributed by atoms with Crippen LogP contribution in [0.25, 0.3) is 0 Å². The van der Waals surface area contributed by atoms with E-state index in [2.05, 4.69) is 15.9 Å². The van der Waals surface area contributed by atoms with Gasteiger partial charge in [0.05, 0.1) is 16.5 Å². The maximum absolute atomic E-state index is 12.5. The zero-order valence-electron chi connectivity index (χ0n) is 11.1. The largest absolute Gasteiger partial charge is 0.496 e. The molecule has 0 spiro atoms. The maximum atomic E-state index is 12.5. The van der Waals surface area contributed by atoms with E-state index in [0.717, 1.165) is 10.9 Å². The molecule has 114 valence electrons. The third kappa shape index (κ3) is 3.46. The first-order valence-corrected chi connectivity index (χ1v) is 8.26. The molecule has 20 heavy (non-hydrogen) atoms. The van der Waals surface area contributed by atoms with Gasteiger partial charge in [-0.3, -0.25) is 0 Å². The number of methoxy groups -OCH3 is 1. The zero-order chi connectivity index (χ0) is 14.0. The van der Waals surface area contributed by atoms with Crippen LogP contribution in [0.4, 0.5) is 0 Å². The van der Waals surface area contributed by atoms with Gasteiger partial charge in [0.15, 0.2) is 0 Å². The first kappa shape index (κ1) is 17.7. The summed E-state index contributed by atoms with van der Waals surface area (Å²) in [7, 11) is -1.94. The van der Waals surface area contributed by atoms with Crippen LogP contribution in [0.15, 0.2) is 27.6 Å². The van der Waals surface area contributed by atoms with Crippen molar-refractivity contribution in [3.63, 3.8) is 0 Å². The number of benzene rings is 1. The predicted octanol–water partition coefficient (Wildman–Crippen LogP) is 1.85. The lowest BCUT2D eigenvalue weighted by Crippen LogP contribution is -2.30. The van der Waals surface area contributed by atoms with Crippen LogP contribution >= 0.6 is 28.3 Å². The third-order valence-electron chi connectivity index (χ3n) is 3.34. The number of nitrogens with two attached hydrogens (primary N) is 1. The monoisotopic (exact) mass is 384 g/mol. The van der Waals surface area contributed by atoms with Gasteiger partial charge in [0.25, 0.3) is 0 Å². The molecule has 0 radical (unpaired) electrons. The molecule has 0 saturated carbocycles. The molecule has 0 aliphatic carbocycles. The van der Waals surface area contributed by atoms with Gasteiger partial charge in [-0.15, -0.1) is 12.4 Å². The Morgan fingerprint density at radius 2 is 2.20 bits per heavy atom. The topological polar surface area (TPSA) is 72.6 Å². The highest BCUT2D eigenvalue weighted by Crippen LogP contribution is 2.30. The van der Waals surface area contributed by atoms with Crippen LogP contribution < -0.4 is 10.5 Å². The van der Waals surface area contributed by atoms with E-state index in [-0.39, 0.29) is 23.2 Å². The fourth-order valence-corrected chi connectivity index (χ4v) is 4.11. The highest BCUT2D eigenvalue weighted by Gasteiger charge is 2.32. The molecule has 1 aromatic carbocycles. The van der Waals surface area contributed by atoms with Crippen molar-refractivity contribution in [2.45, 2.75) is 11.3 Å². The smallest absolute Gasteiger partial charge is 0.243 e. The average Bonchev–Trinajstić information content (AvgIpc) is 2.88. The van der Waals surface area contributed by atoms with Crippen molar-refractivity contribution in [2.24, 2.45) is 11.7 Å². The van der Waals surface area contributed by atoms with E-state index in [9.17, 15) is 8.42 Å². The minimum atomic E-state index is -3.45. The number of rotatable bonds is 4. The normalized spacial score (nSPS) is 19.6. The summed E-state index contributed by atoms with van der Waals surface area (Å²) >= 11 is 3.31. The number of hydrogen-bond donors (Lipinski definition) is 1. The van der Waals surface area contributed by atoms with Crippen LogP contribution in [0.1, 0.15) is 6.42 Å². The van der Waals surface area contributed by atoms with Crippen molar-refractivity contribution in [3.8, 4) is 5.75 Å². The molecule has 1 atom stereocenters. The number of nitrogens with zero attached hydrogens (tertiary/aromatic N) is 1. The van der Waals surface area contributed by atoms with E-state index in [1.54, 1.807) is 12.1 Å². The molecule has 1 aromatic rings. The van der Waals surface area contributed by atoms with Gasteiger partial charge in [0.2, 0.25) is 10.0 Å². The summed E-state index contributed by atoms with van der Waals surface area (Å²) < 4.78 is 32.3. The minimum Gasteiger partial charge on any atom is -0.496 e. The SMILES string of the molecule is COc1cc(S(=O)(=O)N2CCC(CN)C2)ccc1Br.Cl. The van der Waals surface area contributed by atoms with Crippen molar-refractivity contribution in [1.29, 1.82) is 0 Å². The second kappa shape index (κ2) is 7.09. The molecule has 0 bridgehead atoms. The zero-order valence-corrected chi connectivity index (χ0v) is 14.3. The molecule has 0 aromatic heterocycles. The number of hydrogen-bond acceptors (Lipinski definition) is 4. The van der Waals surface area contributed by atoms with Crippen LogP contribution in [0.3, 0.4) is 0 Å². The van der Waals surface area contributed by atoms with E-state index in [4.69, 9.17) is 10.5 Å². The Morgan fingerprint density at radius 1 is 1.50 bits per heavy atom. The lowest BCUT2D eigenvalue weighted by atomic mass is 10.1. The predicted molar refractivity (Wildman–Crippen MR) is 83.9 cm³/mol. The van der Waals surface area contributed by atoms with Crippen molar-refractivity contribution in [1.82, 2.24) is 4.31 Å². The minimum absolute atomic E-state index is 0. The molecule has 1 saturated heterocycles. The number of ether oxygens (including phenoxy) is 1. The van der Waals surface area contributed by atoms with E-state index in [0.29, 0.717) is 25.4 Å². The maximum Gasteiger partial charge on any atom is 0.243 e. The third-order valence-corrected chi connectivity index (χ3v) is 5.86. The van der Waals surface area contributed by atoms with Gasteiger partial charge in [0, 0.05) is 19.2 Å². The van der Waals surface area contributed by atoms with Crippen LogP contribution in [0.2, 0.25) is 0 Å². The summed E-state index contributed by atoms with van der Waals surface area (Å²) in [4.78, 5) is 0.255. The lowest BCUT2D eigenvalue weighted by molar-refractivity contribution is 0.410. The van der Waals surface area contributed by atoms with Gasteiger partial charge in [-0.05, 0) is 46.9 Å². The van der Waals surface area contributed by atoms with Gasteiger partial charge < -0.3 is 10.5 Å². The summed E-state index contributed by atoms with van der Waals surface area (Å²) in [6.07, 6.45) is 0.823. The standard InChI is InChI=1S/C12H17BrN2O3S.ClH/c1-18-12-6-10(2-3-11(12)13)19(16,17)15-5-4-9(7-14)8-15;/h2-3,6,9H,4-5,7-8,14H2,1H3;1H. The Bertz CT molecular complexity index is 568. The fraction of sp³-hybridized carbons (Fsp3) is 0.500. The van der Waals surface area contributed by atoms with Gasteiger partial charge >= 0.3 is 0 Å². The van der Waals surface area contributed by atoms with Crippen molar-refractivity contribution >= 4 is 38.4 Å². The Balaban J connectivity index is 0.00000200. The molecule has 8 heteroatoms. The van der Waals surface area contributed by atoms with Gasteiger partial charge in [-0.2, -0.15) is 4.31 Å². The van der Waals surface area contributed by atoms with Gasteiger partial charge in [0.1, 0.15) is 5.75 Å². The molecule has 1 aliphatic heterocycles. The van der Waals surface area contributed by atoms with Gasteiger partial charge in [-0.25, -0.2) is 8.42 Å². The van der Waals surface area contributed by atoms with E-state index in [1.165, 1.54) is 17.5 Å². The van der Waals surface area contributed by atoms with E-state index < -0.39 is 10.0 Å². The average molecular weight is 386 g/mol. The van der Waals surface area contributed by atoms with E-state index in [1.807, 2.05) is 0 Å². The number of sulfonamides is 1. The Morgan fingerprint density at radius 3 is 2.75 bits per heavy atom. The first-order valence-electron chi connectivity index (χ1n) is 6.02. The van der Waals surface area contributed by atoms with Crippen LogP contribution in [0.5, 0.6) is 5.75 Å². The highest BCUT2D eigenvalue weighted by atomic mass is 79.9. The van der Waals surface area contributed by atoms with Crippen molar-refractivity contribution in [3.05, 3.63) is 22.7 Å². The van der Waals surface area contributed by atoms with Crippen LogP contribution in [-0.2, 0) is 10.0 Å². The fourth-order valence-electron chi connectivity index (χ4n) is 2.16.